The molecule has 0 spiro atoms. The van der Waals surface area contributed by atoms with E-state index in [2.05, 4.69) is 19.2 Å². The van der Waals surface area contributed by atoms with Gasteiger partial charge in [-0.05, 0) is 147 Å². The molecule has 2 aromatic heterocycles. The molecular weight excluding hydrogens is 1050 g/mol. The molecule has 20 heteroatoms. The van der Waals surface area contributed by atoms with Crippen molar-refractivity contribution in [3.8, 4) is 45.4 Å². The normalized spacial score (nSPS) is 16.8. The molecule has 10 rings (SSSR count). The summed E-state index contributed by atoms with van der Waals surface area (Å²) in [6, 6.07) is 27.0. The molecule has 2 saturated heterocycles. The Hall–Kier alpha value is -5.04. The van der Waals surface area contributed by atoms with E-state index in [0.717, 1.165) is 119 Å². The molecule has 0 aliphatic carbocycles. The minimum Gasteiger partial charge on any atom is -0.457 e. The van der Waals surface area contributed by atoms with Gasteiger partial charge >= 0.3 is 6.18 Å². The third kappa shape index (κ3) is 11.3. The molecule has 73 heavy (non-hydrogen) atoms. The molecule has 6 aromatic rings. The number of nitrogens with zero attached hydrogens (tertiary/aromatic N) is 6. The summed E-state index contributed by atoms with van der Waals surface area (Å²) in [5.74, 6) is 0.130. The maximum absolute atomic E-state index is 14.3. The molecule has 6 heterocycles. The van der Waals surface area contributed by atoms with Crippen molar-refractivity contribution in [2.45, 2.75) is 77.8 Å². The van der Waals surface area contributed by atoms with Gasteiger partial charge in [0.25, 0.3) is 21.9 Å². The maximum atomic E-state index is 14.3. The Morgan fingerprint density at radius 1 is 0.575 bits per heavy atom. The SMILES string of the molecule is Cc1c2c(n(-c3ccc(Cl)cc3Cl)c1-c1ccc(Oc3ccc(-c4c(C)c5c(n4-c4ccc(Cl)cc4Cl)CCN(N4CCCCC4)C5=O)cc3)cc1)CCN(N1CCCCC1)C2=O.O=S(=O)(O)CCC(F)(F)F. The Kier molecular flexibility index (Phi) is 15.7. The zero-order valence-corrected chi connectivity index (χ0v) is 44.0. The smallest absolute Gasteiger partial charge is 0.390 e. The van der Waals surface area contributed by atoms with E-state index in [-0.39, 0.29) is 11.8 Å². The van der Waals surface area contributed by atoms with Gasteiger partial charge in [-0.2, -0.15) is 21.6 Å². The molecule has 4 aliphatic heterocycles. The summed E-state index contributed by atoms with van der Waals surface area (Å²) < 4.78 is 71.7. The minimum absolute atomic E-state index is 0.0362. The van der Waals surface area contributed by atoms with Gasteiger partial charge in [-0.15, -0.1) is 0 Å². The van der Waals surface area contributed by atoms with E-state index in [1.165, 1.54) is 12.8 Å². The molecule has 12 nitrogen and oxygen atoms in total. The first-order valence-corrected chi connectivity index (χ1v) is 27.3. The first-order valence-electron chi connectivity index (χ1n) is 24.2. The van der Waals surface area contributed by atoms with E-state index in [1.54, 1.807) is 12.1 Å². The molecule has 0 atom stereocenters. The molecule has 4 aromatic carbocycles. The summed E-state index contributed by atoms with van der Waals surface area (Å²) in [5, 5.41) is 10.5. The van der Waals surface area contributed by atoms with Crippen molar-refractivity contribution in [3.05, 3.63) is 139 Å². The van der Waals surface area contributed by atoms with Gasteiger partial charge in [-0.3, -0.25) is 24.2 Å². The van der Waals surface area contributed by atoms with Gasteiger partial charge in [0, 0.05) is 73.5 Å². The fraction of sp³-hybridized carbons (Fsp3) is 0.358. The van der Waals surface area contributed by atoms with Crippen LogP contribution in [0.5, 0.6) is 11.5 Å². The standard InChI is InChI=1S/C50H48Cl4N6O3.C3H5F3O3S/c1-31-45-43(21-27-57(49(45)61)55-23-5-3-6-24-55)59(41-19-13-35(51)29-39(41)53)47(31)33-9-15-37(16-10-33)63-38-17-11-34(12-18-38)48-32(2)46-44(60(48)42-20-14-36(52)30-40(42)54)22-28-58(50(46)62)56-25-7-4-8-26-56;4-3(5,6)1-2-10(7,8)9/h9-20,29-30H,3-8,21-28H2,1-2H3;1-2H2,(H,7,8,9). The van der Waals surface area contributed by atoms with Crippen LogP contribution >= 0.6 is 46.4 Å². The number of hydrazine groups is 2. The third-order valence-electron chi connectivity index (χ3n) is 13.8. The second-order valence-corrected chi connectivity index (χ2v) is 21.9. The Labute approximate surface area is 442 Å². The summed E-state index contributed by atoms with van der Waals surface area (Å²) in [4.78, 5) is 28.6. The summed E-state index contributed by atoms with van der Waals surface area (Å²) in [6.45, 7) is 8.88. The van der Waals surface area contributed by atoms with Crippen LogP contribution in [-0.4, -0.2) is 105 Å². The Balaban J connectivity index is 0.000000595. The van der Waals surface area contributed by atoms with Gasteiger partial charge in [0.1, 0.15) is 11.5 Å². The van der Waals surface area contributed by atoms with Crippen LogP contribution < -0.4 is 4.74 Å². The number of piperidine rings is 2. The number of benzene rings is 4. The number of amides is 2. The van der Waals surface area contributed by atoms with Gasteiger partial charge < -0.3 is 13.9 Å². The molecule has 0 unspecified atom stereocenters. The second-order valence-electron chi connectivity index (χ2n) is 18.6. The van der Waals surface area contributed by atoms with Crippen molar-refractivity contribution >= 4 is 68.3 Å². The lowest BCUT2D eigenvalue weighted by atomic mass is 10.0. The lowest BCUT2D eigenvalue weighted by Gasteiger charge is -2.39. The molecule has 2 amide bonds. The van der Waals surface area contributed by atoms with Gasteiger partial charge in [0.2, 0.25) is 0 Å². The fourth-order valence-electron chi connectivity index (χ4n) is 10.5. The number of ether oxygens (including phenoxy) is 1. The topological polar surface area (TPSA) is 121 Å². The van der Waals surface area contributed by atoms with Crippen LogP contribution in [0.25, 0.3) is 33.9 Å². The number of carbonyl (C=O) groups excluding carboxylic acids is 2. The lowest BCUT2D eigenvalue weighted by Crippen LogP contribution is -2.51. The quantitative estimate of drug-likeness (QED) is 0.135. The van der Waals surface area contributed by atoms with Gasteiger partial charge in [-0.1, -0.05) is 59.2 Å². The number of rotatable bonds is 10. The van der Waals surface area contributed by atoms with Crippen molar-refractivity contribution in [1.29, 1.82) is 0 Å². The third-order valence-corrected chi connectivity index (χ3v) is 15.6. The predicted molar refractivity (Wildman–Crippen MR) is 279 cm³/mol. The fourth-order valence-corrected chi connectivity index (χ4v) is 12.0. The number of fused-ring (bicyclic) bond motifs is 2. The number of hydrogen-bond donors (Lipinski definition) is 1. The molecule has 2 fully saturated rings. The highest BCUT2D eigenvalue weighted by molar-refractivity contribution is 7.85. The van der Waals surface area contributed by atoms with E-state index in [4.69, 9.17) is 55.7 Å². The highest BCUT2D eigenvalue weighted by Crippen LogP contribution is 2.43. The molecule has 0 saturated carbocycles. The van der Waals surface area contributed by atoms with Crippen molar-refractivity contribution < 1.29 is 40.5 Å². The maximum Gasteiger partial charge on any atom is 0.390 e. The average molecular weight is 1100 g/mol. The van der Waals surface area contributed by atoms with E-state index in [1.807, 2.05) is 96.7 Å². The van der Waals surface area contributed by atoms with Crippen LogP contribution in [0.15, 0.2) is 84.9 Å². The van der Waals surface area contributed by atoms with Crippen molar-refractivity contribution in [2.24, 2.45) is 0 Å². The Morgan fingerprint density at radius 3 is 1.29 bits per heavy atom. The van der Waals surface area contributed by atoms with Gasteiger partial charge in [0.05, 0.1) is 56.1 Å². The largest absolute Gasteiger partial charge is 0.457 e. The van der Waals surface area contributed by atoms with Crippen molar-refractivity contribution in [2.75, 3.05) is 45.0 Å². The second kappa shape index (κ2) is 21.7. The molecule has 1 N–H and O–H groups in total. The average Bonchev–Trinajstić information content (AvgIpc) is 3.82. The van der Waals surface area contributed by atoms with Crippen LogP contribution in [0.3, 0.4) is 0 Å². The molecule has 386 valence electrons. The number of carbonyl (C=O) groups is 2. The molecule has 0 radical (unpaired) electrons. The number of alkyl halides is 3. The van der Waals surface area contributed by atoms with Crippen LogP contribution in [0.4, 0.5) is 13.2 Å². The van der Waals surface area contributed by atoms with E-state index in [0.29, 0.717) is 57.5 Å². The van der Waals surface area contributed by atoms with E-state index in [9.17, 15) is 31.2 Å². The molecular formula is C53H53Cl4F3N6O6S. The highest BCUT2D eigenvalue weighted by Gasteiger charge is 2.38. The predicted octanol–water partition coefficient (Wildman–Crippen LogP) is 13.2. The van der Waals surface area contributed by atoms with Crippen LogP contribution in [0.1, 0.15) is 88.2 Å². The number of halogens is 7. The molecule has 4 aliphatic rings. The molecule has 0 bridgehead atoms. The van der Waals surface area contributed by atoms with Gasteiger partial charge in [-0.25, -0.2) is 10.0 Å². The summed E-state index contributed by atoms with van der Waals surface area (Å²) in [6.07, 6.45) is 2.12. The van der Waals surface area contributed by atoms with Crippen molar-refractivity contribution in [1.82, 2.24) is 29.2 Å². The minimum atomic E-state index is -4.53. The van der Waals surface area contributed by atoms with Gasteiger partial charge in [0.15, 0.2) is 0 Å². The summed E-state index contributed by atoms with van der Waals surface area (Å²) in [7, 11) is -4.48. The summed E-state index contributed by atoms with van der Waals surface area (Å²) >= 11 is 26.5. The number of hydrogen-bond acceptors (Lipinski definition) is 7. The van der Waals surface area contributed by atoms with Crippen LogP contribution in [-0.2, 0) is 23.0 Å². The van der Waals surface area contributed by atoms with Crippen molar-refractivity contribution in [3.63, 3.8) is 0 Å². The Bertz CT molecular complexity index is 2980. The van der Waals surface area contributed by atoms with E-state index >= 15 is 0 Å². The van der Waals surface area contributed by atoms with Crippen LogP contribution in [0, 0.1) is 13.8 Å². The van der Waals surface area contributed by atoms with E-state index < -0.39 is 28.5 Å². The lowest BCUT2D eigenvalue weighted by molar-refractivity contribution is -0.130. The van der Waals surface area contributed by atoms with Crippen LogP contribution in [0.2, 0.25) is 20.1 Å². The first-order chi connectivity index (χ1) is 34.8. The zero-order chi connectivity index (χ0) is 51.9. The Morgan fingerprint density at radius 2 is 0.959 bits per heavy atom. The summed E-state index contributed by atoms with van der Waals surface area (Å²) in [5.41, 5.74) is 10.4. The number of aromatic nitrogens is 2. The highest BCUT2D eigenvalue weighted by atomic mass is 35.5. The first kappa shape index (κ1) is 52.8. The monoisotopic (exact) mass is 1100 g/mol. The zero-order valence-electron chi connectivity index (χ0n) is 40.1.